The van der Waals surface area contributed by atoms with Gasteiger partial charge in [-0.25, -0.2) is 0 Å². The van der Waals surface area contributed by atoms with Gasteiger partial charge < -0.3 is 15.0 Å². The van der Waals surface area contributed by atoms with Crippen LogP contribution in [0.2, 0.25) is 0 Å². The van der Waals surface area contributed by atoms with Crippen LogP contribution in [0.1, 0.15) is 48.4 Å². The van der Waals surface area contributed by atoms with Gasteiger partial charge >= 0.3 is 0 Å². The molecule has 5 heteroatoms. The predicted octanol–water partition coefficient (Wildman–Crippen LogP) is 5.63. The van der Waals surface area contributed by atoms with Gasteiger partial charge in [0, 0.05) is 25.9 Å². The molecule has 5 nitrogen and oxygen atoms in total. The molecule has 0 spiro atoms. The molecule has 0 aliphatic heterocycles. The smallest absolute Gasteiger partial charge is 0.243 e. The highest BCUT2D eigenvalue weighted by Crippen LogP contribution is 2.18. The van der Waals surface area contributed by atoms with Crippen molar-refractivity contribution < 1.29 is 14.3 Å². The molecule has 3 aromatic rings. The van der Waals surface area contributed by atoms with Crippen LogP contribution in [0.3, 0.4) is 0 Å². The van der Waals surface area contributed by atoms with Gasteiger partial charge in [0.2, 0.25) is 11.8 Å². The van der Waals surface area contributed by atoms with E-state index in [0.29, 0.717) is 39.0 Å². The Hall–Kier alpha value is -3.60. The first-order chi connectivity index (χ1) is 17.5. The van der Waals surface area contributed by atoms with E-state index in [1.54, 1.807) is 4.90 Å². The number of benzene rings is 3. The third-order valence-electron chi connectivity index (χ3n) is 6.12. The standard InChI is InChI=1S/C31H38N2O3/c1-4-20-32-31(35)29(22-26-9-6-5-7-10-26)33(23-27-16-12-24(2)13-17-27)30(34)11-8-21-36-28-18-14-25(3)15-19-28/h5-7,9-10,12-19,29H,4,8,11,20-23H2,1-3H3,(H,32,35)/t29-/m0/s1. The minimum Gasteiger partial charge on any atom is -0.494 e. The maximum absolute atomic E-state index is 13.6. The number of rotatable bonds is 13. The Morgan fingerprint density at radius 1 is 0.861 bits per heavy atom. The number of ether oxygens (including phenoxy) is 1. The minimum atomic E-state index is -0.592. The summed E-state index contributed by atoms with van der Waals surface area (Å²) in [4.78, 5) is 28.6. The summed E-state index contributed by atoms with van der Waals surface area (Å²) in [7, 11) is 0. The lowest BCUT2D eigenvalue weighted by atomic mass is 10.0. The molecule has 1 atom stereocenters. The van der Waals surface area contributed by atoms with Crippen molar-refractivity contribution in [3.63, 3.8) is 0 Å². The predicted molar refractivity (Wildman–Crippen MR) is 145 cm³/mol. The van der Waals surface area contributed by atoms with Gasteiger partial charge in [0.05, 0.1) is 6.61 Å². The van der Waals surface area contributed by atoms with Crippen molar-refractivity contribution in [2.75, 3.05) is 13.2 Å². The number of amides is 2. The lowest BCUT2D eigenvalue weighted by Gasteiger charge is -2.31. The number of hydrogen-bond acceptors (Lipinski definition) is 3. The summed E-state index contributed by atoms with van der Waals surface area (Å²) in [6, 6.07) is 25.3. The second kappa shape index (κ2) is 14.1. The van der Waals surface area contributed by atoms with Crippen LogP contribution in [0, 0.1) is 13.8 Å². The molecule has 36 heavy (non-hydrogen) atoms. The number of nitrogens with one attached hydrogen (secondary N) is 1. The van der Waals surface area contributed by atoms with E-state index in [0.717, 1.165) is 28.9 Å². The van der Waals surface area contributed by atoms with Gasteiger partial charge in [-0.05, 0) is 49.9 Å². The first-order valence-corrected chi connectivity index (χ1v) is 12.8. The van der Waals surface area contributed by atoms with Crippen LogP contribution in [-0.4, -0.2) is 35.9 Å². The van der Waals surface area contributed by atoms with Gasteiger partial charge in [0.15, 0.2) is 0 Å². The Bertz CT molecular complexity index is 1080. The summed E-state index contributed by atoms with van der Waals surface area (Å²) in [5.74, 6) is 0.637. The zero-order valence-corrected chi connectivity index (χ0v) is 21.7. The third-order valence-corrected chi connectivity index (χ3v) is 6.12. The summed E-state index contributed by atoms with van der Waals surface area (Å²) in [6.45, 7) is 7.51. The Kier molecular flexibility index (Phi) is 10.6. The molecule has 0 fully saturated rings. The van der Waals surface area contributed by atoms with E-state index < -0.39 is 6.04 Å². The van der Waals surface area contributed by atoms with Gasteiger partial charge in [-0.2, -0.15) is 0 Å². The average molecular weight is 487 g/mol. The van der Waals surface area contributed by atoms with Crippen molar-refractivity contribution in [2.24, 2.45) is 0 Å². The molecule has 0 aromatic heterocycles. The second-order valence-electron chi connectivity index (χ2n) is 9.27. The van der Waals surface area contributed by atoms with Crippen LogP contribution in [-0.2, 0) is 22.6 Å². The molecule has 0 unspecified atom stereocenters. The van der Waals surface area contributed by atoms with Crippen LogP contribution in [0.15, 0.2) is 78.9 Å². The zero-order valence-electron chi connectivity index (χ0n) is 21.7. The molecule has 2 amide bonds. The van der Waals surface area contributed by atoms with E-state index in [9.17, 15) is 9.59 Å². The Balaban J connectivity index is 1.76. The van der Waals surface area contributed by atoms with Crippen LogP contribution in [0.5, 0.6) is 5.75 Å². The molecule has 0 aliphatic rings. The van der Waals surface area contributed by atoms with Gasteiger partial charge in [-0.15, -0.1) is 0 Å². The summed E-state index contributed by atoms with van der Waals surface area (Å²) >= 11 is 0. The molecule has 1 N–H and O–H groups in total. The van der Waals surface area contributed by atoms with E-state index in [2.05, 4.69) is 5.32 Å². The molecule has 0 saturated carbocycles. The molecule has 3 aromatic carbocycles. The first-order valence-electron chi connectivity index (χ1n) is 12.8. The first kappa shape index (κ1) is 27.0. The fourth-order valence-electron chi connectivity index (χ4n) is 4.00. The fraction of sp³-hybridized carbons (Fsp3) is 0.355. The van der Waals surface area contributed by atoms with Crippen molar-refractivity contribution in [3.05, 3.63) is 101 Å². The number of aryl methyl sites for hydroxylation is 2. The Labute approximate surface area is 215 Å². The summed E-state index contributed by atoms with van der Waals surface area (Å²) in [5, 5.41) is 3.02. The second-order valence-corrected chi connectivity index (χ2v) is 9.27. The average Bonchev–Trinajstić information content (AvgIpc) is 2.89. The van der Waals surface area contributed by atoms with Crippen LogP contribution < -0.4 is 10.1 Å². The van der Waals surface area contributed by atoms with Gasteiger partial charge in [0.1, 0.15) is 11.8 Å². The minimum absolute atomic E-state index is 0.0457. The van der Waals surface area contributed by atoms with E-state index in [4.69, 9.17) is 4.74 Å². The monoisotopic (exact) mass is 486 g/mol. The highest BCUT2D eigenvalue weighted by molar-refractivity contribution is 5.88. The molecule has 0 aliphatic carbocycles. The van der Waals surface area contributed by atoms with E-state index in [1.807, 2.05) is 99.6 Å². The topological polar surface area (TPSA) is 58.6 Å². The molecular weight excluding hydrogens is 448 g/mol. The zero-order chi connectivity index (χ0) is 25.8. The van der Waals surface area contributed by atoms with E-state index in [-0.39, 0.29) is 11.8 Å². The van der Waals surface area contributed by atoms with Crippen molar-refractivity contribution in [2.45, 2.75) is 59.0 Å². The maximum atomic E-state index is 13.6. The largest absolute Gasteiger partial charge is 0.494 e. The lowest BCUT2D eigenvalue weighted by Crippen LogP contribution is -2.50. The third kappa shape index (κ3) is 8.56. The van der Waals surface area contributed by atoms with Gasteiger partial charge in [-0.1, -0.05) is 84.8 Å². The Morgan fingerprint density at radius 2 is 1.50 bits per heavy atom. The highest BCUT2D eigenvalue weighted by atomic mass is 16.5. The number of hydrogen-bond donors (Lipinski definition) is 1. The molecule has 0 radical (unpaired) electrons. The van der Waals surface area contributed by atoms with Crippen molar-refractivity contribution in [1.82, 2.24) is 10.2 Å². The van der Waals surface area contributed by atoms with E-state index >= 15 is 0 Å². The van der Waals surface area contributed by atoms with Crippen molar-refractivity contribution in [1.29, 1.82) is 0 Å². The molecule has 0 bridgehead atoms. The van der Waals surface area contributed by atoms with Crippen LogP contribution >= 0.6 is 0 Å². The van der Waals surface area contributed by atoms with Gasteiger partial charge in [0.25, 0.3) is 0 Å². The number of carbonyl (C=O) groups is 2. The Morgan fingerprint density at radius 3 is 2.14 bits per heavy atom. The van der Waals surface area contributed by atoms with Crippen molar-refractivity contribution >= 4 is 11.8 Å². The normalized spacial score (nSPS) is 11.5. The summed E-state index contributed by atoms with van der Waals surface area (Å²) in [6.07, 6.45) is 2.19. The summed E-state index contributed by atoms with van der Waals surface area (Å²) in [5.41, 5.74) is 4.37. The summed E-state index contributed by atoms with van der Waals surface area (Å²) < 4.78 is 5.83. The van der Waals surface area contributed by atoms with E-state index in [1.165, 1.54) is 5.56 Å². The van der Waals surface area contributed by atoms with Crippen LogP contribution in [0.4, 0.5) is 0 Å². The molecule has 0 saturated heterocycles. The number of nitrogens with zero attached hydrogens (tertiary/aromatic N) is 1. The maximum Gasteiger partial charge on any atom is 0.243 e. The fourth-order valence-corrected chi connectivity index (χ4v) is 4.00. The SMILES string of the molecule is CCCNC(=O)[C@H](Cc1ccccc1)N(Cc1ccc(C)cc1)C(=O)CCCOc1ccc(C)cc1. The quantitative estimate of drug-likeness (QED) is 0.319. The van der Waals surface area contributed by atoms with Crippen LogP contribution in [0.25, 0.3) is 0 Å². The molecule has 190 valence electrons. The molecule has 3 rings (SSSR count). The number of carbonyl (C=O) groups excluding carboxylic acids is 2. The molecule has 0 heterocycles. The lowest BCUT2D eigenvalue weighted by molar-refractivity contribution is -0.141. The highest BCUT2D eigenvalue weighted by Gasteiger charge is 2.30. The van der Waals surface area contributed by atoms with Crippen molar-refractivity contribution in [3.8, 4) is 5.75 Å². The molecular formula is C31H38N2O3. The van der Waals surface area contributed by atoms with Gasteiger partial charge in [-0.3, -0.25) is 9.59 Å².